The van der Waals surface area contributed by atoms with Crippen molar-refractivity contribution in [3.63, 3.8) is 0 Å². The summed E-state index contributed by atoms with van der Waals surface area (Å²) in [6.45, 7) is 4.37. The van der Waals surface area contributed by atoms with Crippen LogP contribution in [0.2, 0.25) is 0 Å². The normalized spacial score (nSPS) is 10.9. The van der Waals surface area contributed by atoms with E-state index in [1.165, 1.54) is 61.4 Å². The minimum absolute atomic E-state index is 0. The molecule has 0 atom stereocenters. The Morgan fingerprint density at radius 3 is 1.98 bits per heavy atom. The summed E-state index contributed by atoms with van der Waals surface area (Å²) in [6, 6.07) is 50.7. The van der Waals surface area contributed by atoms with Gasteiger partial charge in [0.15, 0.2) is 0 Å². The molecule has 9 aromatic rings. The third-order valence-electron chi connectivity index (χ3n) is 9.14. The molecule has 0 fully saturated rings. The number of imidazole rings is 1. The number of rotatable bonds is 4. The van der Waals surface area contributed by atoms with Crippen LogP contribution in [0.5, 0.6) is 0 Å². The molecule has 0 aliphatic rings. The first-order chi connectivity index (χ1) is 25.0. The van der Waals surface area contributed by atoms with Crippen LogP contribution < -0.4 is 0 Å². The van der Waals surface area contributed by atoms with Gasteiger partial charge >= 0.3 is 0 Å². The van der Waals surface area contributed by atoms with Crippen LogP contribution in [0.1, 0.15) is 11.1 Å². The zero-order chi connectivity index (χ0) is 34.9. The quantitative estimate of drug-likeness (QED) is 0.101. The van der Waals surface area contributed by atoms with Crippen molar-refractivity contribution in [2.75, 3.05) is 0 Å². The average molecular weight is 857 g/mol. The second-order valence-corrected chi connectivity index (χ2v) is 12.3. The number of aryl methyl sites for hydroxylation is 2. The third-order valence-corrected chi connectivity index (χ3v) is 9.14. The van der Waals surface area contributed by atoms with Gasteiger partial charge in [-0.05, 0) is 70.4 Å². The van der Waals surface area contributed by atoms with E-state index in [1.807, 2.05) is 12.3 Å². The number of hydrogen-bond donors (Lipinski definition) is 0. The molecule has 4 nitrogen and oxygen atoms in total. The molecular formula is C45H30F2IrN4-2. The van der Waals surface area contributed by atoms with Gasteiger partial charge < -0.3 is 9.38 Å². The first kappa shape index (κ1) is 34.6. The maximum absolute atomic E-state index is 13.1. The van der Waals surface area contributed by atoms with Gasteiger partial charge in [-0.25, -0.2) is 8.78 Å². The minimum atomic E-state index is -0.899. The van der Waals surface area contributed by atoms with E-state index in [1.54, 1.807) is 18.2 Å². The van der Waals surface area contributed by atoms with E-state index in [2.05, 4.69) is 143 Å². The summed E-state index contributed by atoms with van der Waals surface area (Å²) in [6.07, 6.45) is 3.56. The van der Waals surface area contributed by atoms with Crippen molar-refractivity contribution in [2.24, 2.45) is 0 Å². The topological polar surface area (TPSA) is 43.1 Å². The molecule has 1 radical (unpaired) electrons. The molecule has 9 rings (SSSR count). The van der Waals surface area contributed by atoms with Gasteiger partial charge in [0.2, 0.25) is 0 Å². The van der Waals surface area contributed by atoms with Crippen molar-refractivity contribution >= 4 is 27.3 Å². The molecule has 52 heavy (non-hydrogen) atoms. The van der Waals surface area contributed by atoms with E-state index in [0.717, 1.165) is 22.8 Å². The van der Waals surface area contributed by atoms with E-state index in [-0.39, 0.29) is 25.7 Å². The smallest absolute Gasteiger partial charge is 0.128 e. The van der Waals surface area contributed by atoms with Crippen molar-refractivity contribution in [1.29, 1.82) is 0 Å². The van der Waals surface area contributed by atoms with Gasteiger partial charge in [-0.15, -0.1) is 35.7 Å². The molecule has 255 valence electrons. The van der Waals surface area contributed by atoms with Gasteiger partial charge in [-0.1, -0.05) is 114 Å². The van der Waals surface area contributed by atoms with E-state index in [4.69, 9.17) is 4.98 Å². The Labute approximate surface area is 313 Å². The first-order valence-corrected chi connectivity index (χ1v) is 16.6. The number of hydrogen-bond acceptors (Lipinski definition) is 3. The van der Waals surface area contributed by atoms with Crippen LogP contribution in [0.3, 0.4) is 0 Å². The van der Waals surface area contributed by atoms with E-state index in [9.17, 15) is 8.78 Å². The fourth-order valence-electron chi connectivity index (χ4n) is 6.60. The Bertz CT molecular complexity index is 2620. The molecule has 0 aliphatic carbocycles. The van der Waals surface area contributed by atoms with Crippen molar-refractivity contribution in [3.05, 3.63) is 181 Å². The Hall–Kier alpha value is -5.88. The number of aromatic nitrogens is 4. The minimum Gasteiger partial charge on any atom is -0.333 e. The Balaban J connectivity index is 0.000000236. The molecule has 7 heteroatoms. The van der Waals surface area contributed by atoms with Crippen molar-refractivity contribution in [1.82, 2.24) is 19.4 Å². The molecule has 0 bridgehead atoms. The van der Waals surface area contributed by atoms with Crippen molar-refractivity contribution in [2.45, 2.75) is 13.8 Å². The largest absolute Gasteiger partial charge is 0.333 e. The first-order valence-electron chi connectivity index (χ1n) is 16.6. The summed E-state index contributed by atoms with van der Waals surface area (Å²) in [5.41, 5.74) is 12.1. The molecule has 0 saturated heterocycles. The number of nitrogens with zero attached hydrogens (tertiary/aromatic N) is 4. The molecule has 0 amide bonds. The number of pyridine rings is 3. The maximum atomic E-state index is 13.1. The van der Waals surface area contributed by atoms with Crippen molar-refractivity contribution < 1.29 is 28.9 Å². The summed E-state index contributed by atoms with van der Waals surface area (Å²) >= 11 is 0. The SMILES string of the molecule is Cc1cc2c3ccc[c-]c3c3ncc(-c4c(-c5ccccc5)cccc4-c4ccccc4)n3c2cc1C.Fc1c[c-]c(-c2ccccn2)c(F)n1.[Ir]. The molecule has 0 unspecified atom stereocenters. The fraction of sp³-hybridized carbons (Fsp3) is 0.0444. The van der Waals surface area contributed by atoms with Gasteiger partial charge in [-0.2, -0.15) is 0 Å². The monoisotopic (exact) mass is 857 g/mol. The van der Waals surface area contributed by atoms with Crippen LogP contribution in [0, 0.1) is 37.9 Å². The summed E-state index contributed by atoms with van der Waals surface area (Å²) in [7, 11) is 0. The van der Waals surface area contributed by atoms with E-state index in [0.29, 0.717) is 5.69 Å². The zero-order valence-electron chi connectivity index (χ0n) is 28.2. The van der Waals surface area contributed by atoms with Gasteiger partial charge in [0, 0.05) is 43.6 Å². The van der Waals surface area contributed by atoms with Crippen LogP contribution >= 0.6 is 0 Å². The van der Waals surface area contributed by atoms with E-state index >= 15 is 0 Å². The van der Waals surface area contributed by atoms with E-state index < -0.39 is 11.9 Å². The van der Waals surface area contributed by atoms with Crippen LogP contribution in [0.15, 0.2) is 146 Å². The number of halogens is 2. The van der Waals surface area contributed by atoms with Crippen LogP contribution in [0.4, 0.5) is 8.78 Å². The van der Waals surface area contributed by atoms with Gasteiger partial charge in [0.05, 0.1) is 11.3 Å². The Morgan fingerprint density at radius 1 is 0.654 bits per heavy atom. The van der Waals surface area contributed by atoms with Gasteiger partial charge in [0.1, 0.15) is 11.9 Å². The van der Waals surface area contributed by atoms with Crippen molar-refractivity contribution in [3.8, 4) is 44.8 Å². The summed E-state index contributed by atoms with van der Waals surface area (Å²) in [4.78, 5) is 12.0. The molecule has 4 heterocycles. The summed E-state index contributed by atoms with van der Waals surface area (Å²) in [5.74, 6) is -1.79. The standard InChI is InChI=1S/C35H25N2.C10H5F2N2.Ir/c1-23-20-31-29-16-9-10-17-30(29)35-36-22-33(37(35)32(31)21-24(23)2)34-27(25-12-5-3-6-13-25)18-11-19-28(34)26-14-7-4-8-15-26;11-9-5-4-7(10(12)14-9)8-3-1-2-6-13-8;/h3-16,18-22H,1-2H3;1-3,5-6H;/q2*-1;. The molecule has 0 aliphatic heterocycles. The average Bonchev–Trinajstić information content (AvgIpc) is 3.62. The number of benzene rings is 5. The third kappa shape index (κ3) is 6.41. The van der Waals surface area contributed by atoms with Crippen LogP contribution in [-0.4, -0.2) is 19.4 Å². The Morgan fingerprint density at radius 2 is 1.33 bits per heavy atom. The molecule has 5 aromatic carbocycles. The fourth-order valence-corrected chi connectivity index (χ4v) is 6.60. The maximum Gasteiger partial charge on any atom is 0.128 e. The number of fused-ring (bicyclic) bond motifs is 6. The predicted octanol–water partition coefficient (Wildman–Crippen LogP) is 11.3. The molecular weight excluding hydrogens is 827 g/mol. The summed E-state index contributed by atoms with van der Waals surface area (Å²) < 4.78 is 27.9. The molecule has 4 aromatic heterocycles. The van der Waals surface area contributed by atoms with Gasteiger partial charge in [0.25, 0.3) is 0 Å². The van der Waals surface area contributed by atoms with Crippen LogP contribution in [-0.2, 0) is 20.1 Å². The molecule has 0 spiro atoms. The Kier molecular flexibility index (Phi) is 9.82. The summed E-state index contributed by atoms with van der Waals surface area (Å²) in [5, 5.41) is 3.45. The second kappa shape index (κ2) is 14.8. The zero-order valence-corrected chi connectivity index (χ0v) is 30.6. The second-order valence-electron chi connectivity index (χ2n) is 12.3. The van der Waals surface area contributed by atoms with Crippen LogP contribution in [0.25, 0.3) is 72.1 Å². The van der Waals surface area contributed by atoms with Gasteiger partial charge in [-0.3, -0.25) is 9.97 Å². The molecule has 0 saturated carbocycles. The molecule has 0 N–H and O–H groups in total. The predicted molar refractivity (Wildman–Crippen MR) is 201 cm³/mol.